The van der Waals surface area contributed by atoms with Crippen molar-refractivity contribution < 1.29 is 14.7 Å². The van der Waals surface area contributed by atoms with E-state index in [1.807, 2.05) is 6.92 Å². The van der Waals surface area contributed by atoms with E-state index in [4.69, 9.17) is 16.7 Å². The van der Waals surface area contributed by atoms with Crippen LogP contribution in [0.5, 0.6) is 0 Å². The summed E-state index contributed by atoms with van der Waals surface area (Å²) in [5.74, 6) is -0.857. The first kappa shape index (κ1) is 14.1. The van der Waals surface area contributed by atoms with E-state index >= 15 is 0 Å². The molecule has 2 rings (SSSR count). The fourth-order valence-corrected chi connectivity index (χ4v) is 2.89. The minimum absolute atomic E-state index is 0.0292. The molecular formula is C13H17ClN2O3. The van der Waals surface area contributed by atoms with Gasteiger partial charge < -0.3 is 5.11 Å². The second kappa shape index (κ2) is 4.96. The molecular weight excluding hydrogens is 268 g/mol. The zero-order valence-corrected chi connectivity index (χ0v) is 11.8. The summed E-state index contributed by atoms with van der Waals surface area (Å²) in [5.41, 5.74) is -0.229. The third-order valence-electron chi connectivity index (χ3n) is 4.22. The molecule has 0 radical (unpaired) electrons. The Bertz CT molecular complexity index is 516. The van der Waals surface area contributed by atoms with E-state index in [1.54, 1.807) is 11.6 Å². The molecule has 1 aromatic rings. The summed E-state index contributed by atoms with van der Waals surface area (Å²) in [4.78, 5) is 22.5. The fourth-order valence-electron chi connectivity index (χ4n) is 2.58. The van der Waals surface area contributed by atoms with Crippen molar-refractivity contribution in [2.75, 3.05) is 0 Å². The summed E-state index contributed by atoms with van der Waals surface area (Å²) >= 11 is 6.04. The van der Waals surface area contributed by atoms with Gasteiger partial charge in [-0.25, -0.2) is 4.79 Å². The van der Waals surface area contributed by atoms with Crippen LogP contribution in [0.2, 0.25) is 5.15 Å². The lowest BCUT2D eigenvalue weighted by Gasteiger charge is -2.35. The fraction of sp³-hybridized carbons (Fsp3) is 0.615. The number of carboxylic acids is 1. The lowest BCUT2D eigenvalue weighted by Crippen LogP contribution is -2.32. The van der Waals surface area contributed by atoms with Crippen molar-refractivity contribution >= 4 is 23.4 Å². The molecule has 0 aliphatic heterocycles. The number of carbonyl (C=O) groups excluding carboxylic acids is 1. The molecule has 1 aliphatic carbocycles. The van der Waals surface area contributed by atoms with Crippen LogP contribution >= 0.6 is 11.6 Å². The van der Waals surface area contributed by atoms with Gasteiger partial charge >= 0.3 is 5.97 Å². The Balaban J connectivity index is 2.14. The van der Waals surface area contributed by atoms with Crippen LogP contribution in [0.15, 0.2) is 6.20 Å². The Kier molecular flexibility index (Phi) is 3.67. The van der Waals surface area contributed by atoms with Gasteiger partial charge in [-0.05, 0) is 32.6 Å². The predicted molar refractivity (Wildman–Crippen MR) is 70.5 cm³/mol. The molecule has 1 N–H and O–H groups in total. The van der Waals surface area contributed by atoms with Crippen LogP contribution in [0.1, 0.15) is 55.9 Å². The molecule has 0 spiro atoms. The Labute approximate surface area is 116 Å². The van der Waals surface area contributed by atoms with Crippen molar-refractivity contribution in [1.82, 2.24) is 9.78 Å². The van der Waals surface area contributed by atoms with E-state index < -0.39 is 5.97 Å². The highest BCUT2D eigenvalue weighted by molar-refractivity contribution is 6.32. The average Bonchev–Trinajstić information content (AvgIpc) is 2.72. The standard InChI is InChI=1S/C13H17ClN2O3/c1-8(17)13(2)5-3-9(4-6-13)16-11(14)10(7-15-16)12(18)19/h7,9H,3-6H2,1-2H3,(H,18,19). The number of hydrogen-bond acceptors (Lipinski definition) is 3. The van der Waals surface area contributed by atoms with Gasteiger partial charge in [-0.15, -0.1) is 0 Å². The van der Waals surface area contributed by atoms with E-state index in [9.17, 15) is 9.59 Å². The minimum atomic E-state index is -1.07. The maximum atomic E-state index is 11.6. The predicted octanol–water partition coefficient (Wildman–Crippen LogP) is 2.95. The number of hydrogen-bond donors (Lipinski definition) is 1. The molecule has 0 aromatic carbocycles. The van der Waals surface area contributed by atoms with Crippen LogP contribution < -0.4 is 0 Å². The molecule has 1 heterocycles. The molecule has 0 saturated heterocycles. The lowest BCUT2D eigenvalue weighted by atomic mass is 9.71. The topological polar surface area (TPSA) is 72.2 Å². The van der Waals surface area contributed by atoms with Crippen molar-refractivity contribution in [3.8, 4) is 0 Å². The summed E-state index contributed by atoms with van der Waals surface area (Å²) in [6.45, 7) is 3.61. The number of aromatic nitrogens is 2. The second-order valence-corrected chi connectivity index (χ2v) is 5.80. The number of rotatable bonds is 3. The first-order valence-electron chi connectivity index (χ1n) is 6.32. The largest absolute Gasteiger partial charge is 0.478 e. The molecule has 104 valence electrons. The molecule has 0 atom stereocenters. The molecule has 0 unspecified atom stereocenters. The van der Waals surface area contributed by atoms with Gasteiger partial charge in [0.25, 0.3) is 0 Å². The summed E-state index contributed by atoms with van der Waals surface area (Å²) in [5, 5.41) is 13.2. The van der Waals surface area contributed by atoms with Crippen LogP contribution in [-0.4, -0.2) is 26.6 Å². The molecule has 1 fully saturated rings. The van der Waals surface area contributed by atoms with Gasteiger partial charge in [0.15, 0.2) is 0 Å². The van der Waals surface area contributed by atoms with Gasteiger partial charge in [0.05, 0.1) is 12.2 Å². The summed E-state index contributed by atoms with van der Waals surface area (Å²) in [6.07, 6.45) is 4.42. The van der Waals surface area contributed by atoms with E-state index in [0.717, 1.165) is 25.7 Å². The Hall–Kier alpha value is -1.36. The quantitative estimate of drug-likeness (QED) is 0.926. The second-order valence-electron chi connectivity index (χ2n) is 5.45. The van der Waals surface area contributed by atoms with Crippen molar-refractivity contribution in [3.63, 3.8) is 0 Å². The number of Topliss-reactive ketones (excluding diaryl/α,β-unsaturated/α-hetero) is 1. The van der Waals surface area contributed by atoms with Gasteiger partial charge in [0.2, 0.25) is 0 Å². The lowest BCUT2D eigenvalue weighted by molar-refractivity contribution is -0.127. The van der Waals surface area contributed by atoms with Gasteiger partial charge in [0.1, 0.15) is 16.5 Å². The number of carboxylic acid groups (broad SMARTS) is 1. The van der Waals surface area contributed by atoms with Crippen LogP contribution in [0.25, 0.3) is 0 Å². The van der Waals surface area contributed by atoms with Crippen LogP contribution in [0.4, 0.5) is 0 Å². The average molecular weight is 285 g/mol. The van der Waals surface area contributed by atoms with E-state index in [0.29, 0.717) is 0 Å². The number of nitrogens with zero attached hydrogens (tertiary/aromatic N) is 2. The molecule has 1 aliphatic rings. The third-order valence-corrected chi connectivity index (χ3v) is 4.60. The zero-order chi connectivity index (χ0) is 14.2. The number of ketones is 1. The van der Waals surface area contributed by atoms with Crippen molar-refractivity contribution in [1.29, 1.82) is 0 Å². The SMILES string of the molecule is CC(=O)C1(C)CCC(n2ncc(C(=O)O)c2Cl)CC1. The molecule has 0 bridgehead atoms. The molecule has 5 nitrogen and oxygen atoms in total. The van der Waals surface area contributed by atoms with Crippen LogP contribution in [-0.2, 0) is 4.79 Å². The summed E-state index contributed by atoms with van der Waals surface area (Å²) < 4.78 is 1.57. The maximum Gasteiger partial charge on any atom is 0.340 e. The maximum absolute atomic E-state index is 11.6. The van der Waals surface area contributed by atoms with Crippen LogP contribution in [0, 0.1) is 5.41 Å². The van der Waals surface area contributed by atoms with E-state index in [2.05, 4.69) is 5.10 Å². The molecule has 19 heavy (non-hydrogen) atoms. The van der Waals surface area contributed by atoms with Gasteiger partial charge in [-0.3, -0.25) is 9.48 Å². The van der Waals surface area contributed by atoms with Crippen molar-refractivity contribution in [3.05, 3.63) is 16.9 Å². The smallest absolute Gasteiger partial charge is 0.340 e. The van der Waals surface area contributed by atoms with Crippen molar-refractivity contribution in [2.24, 2.45) is 5.41 Å². The zero-order valence-electron chi connectivity index (χ0n) is 11.0. The minimum Gasteiger partial charge on any atom is -0.478 e. The Morgan fingerprint density at radius 2 is 2.05 bits per heavy atom. The molecule has 0 amide bonds. The summed E-state index contributed by atoms with van der Waals surface area (Å²) in [6, 6.07) is 0.0769. The van der Waals surface area contributed by atoms with E-state index in [-0.39, 0.29) is 28.0 Å². The highest BCUT2D eigenvalue weighted by atomic mass is 35.5. The first-order valence-corrected chi connectivity index (χ1v) is 6.70. The van der Waals surface area contributed by atoms with Gasteiger partial charge in [-0.2, -0.15) is 5.10 Å². The Morgan fingerprint density at radius 1 is 1.47 bits per heavy atom. The summed E-state index contributed by atoms with van der Waals surface area (Å²) in [7, 11) is 0. The molecule has 1 aromatic heterocycles. The monoisotopic (exact) mass is 284 g/mol. The van der Waals surface area contributed by atoms with Crippen molar-refractivity contribution in [2.45, 2.75) is 45.6 Å². The Morgan fingerprint density at radius 3 is 2.47 bits per heavy atom. The number of halogens is 1. The third kappa shape index (κ3) is 2.52. The number of aromatic carboxylic acids is 1. The molecule has 1 saturated carbocycles. The first-order chi connectivity index (χ1) is 8.85. The molecule has 6 heteroatoms. The number of carbonyl (C=O) groups is 2. The van der Waals surface area contributed by atoms with E-state index in [1.165, 1.54) is 6.20 Å². The highest BCUT2D eigenvalue weighted by Gasteiger charge is 2.36. The van der Waals surface area contributed by atoms with Gasteiger partial charge in [0, 0.05) is 5.41 Å². The normalized spacial score (nSPS) is 27.2. The highest BCUT2D eigenvalue weighted by Crippen LogP contribution is 2.42. The van der Waals surface area contributed by atoms with Gasteiger partial charge in [-0.1, -0.05) is 18.5 Å². The van der Waals surface area contributed by atoms with Crippen LogP contribution in [0.3, 0.4) is 0 Å².